The van der Waals surface area contributed by atoms with Crippen LogP contribution in [0.3, 0.4) is 0 Å². The molecule has 24 heavy (non-hydrogen) atoms. The Bertz CT molecular complexity index is 798. The Morgan fingerprint density at radius 1 is 0.958 bits per heavy atom. The fourth-order valence-corrected chi connectivity index (χ4v) is 3.08. The van der Waals surface area contributed by atoms with Gasteiger partial charge in [-0.05, 0) is 48.1 Å². The summed E-state index contributed by atoms with van der Waals surface area (Å²) in [4.78, 5) is 26.0. The van der Waals surface area contributed by atoms with Gasteiger partial charge in [0.2, 0.25) is 0 Å². The molecule has 0 spiro atoms. The van der Waals surface area contributed by atoms with Crippen LogP contribution in [0.4, 0.5) is 5.69 Å². The van der Waals surface area contributed by atoms with Crippen LogP contribution in [0.2, 0.25) is 0 Å². The van der Waals surface area contributed by atoms with Crippen molar-refractivity contribution in [3.8, 4) is 0 Å². The number of hydrogen-bond acceptors (Lipinski definition) is 2. The van der Waals surface area contributed by atoms with Crippen LogP contribution in [-0.2, 0) is 11.8 Å². The first-order valence-corrected chi connectivity index (χ1v) is 8.33. The van der Waals surface area contributed by atoms with Gasteiger partial charge >= 0.3 is 0 Å². The molecule has 3 rings (SSSR count). The maximum atomic E-state index is 12.8. The molecule has 0 atom stereocenters. The molecular formula is C21H23NO2. The van der Waals surface area contributed by atoms with Crippen LogP contribution in [-0.4, -0.2) is 18.2 Å². The third-order valence-electron chi connectivity index (χ3n) is 4.62. The van der Waals surface area contributed by atoms with Gasteiger partial charge in [-0.2, -0.15) is 0 Å². The fraction of sp³-hybridized carbons (Fsp3) is 0.333. The van der Waals surface area contributed by atoms with Gasteiger partial charge in [0.05, 0.1) is 0 Å². The third kappa shape index (κ3) is 2.99. The summed E-state index contributed by atoms with van der Waals surface area (Å²) in [5.74, 6) is 0.00240. The highest BCUT2D eigenvalue weighted by molar-refractivity contribution is 6.07. The number of hydrogen-bond donors (Lipinski definition) is 0. The molecule has 1 aliphatic rings. The van der Waals surface area contributed by atoms with E-state index >= 15 is 0 Å². The maximum absolute atomic E-state index is 12.8. The van der Waals surface area contributed by atoms with E-state index < -0.39 is 0 Å². The summed E-state index contributed by atoms with van der Waals surface area (Å²) in [6.07, 6.45) is 0.885. The summed E-state index contributed by atoms with van der Waals surface area (Å²) >= 11 is 0. The van der Waals surface area contributed by atoms with Gasteiger partial charge in [-0.1, -0.05) is 45.0 Å². The molecule has 0 aromatic heterocycles. The lowest BCUT2D eigenvalue weighted by molar-refractivity contribution is 0.0984. The number of benzene rings is 2. The van der Waals surface area contributed by atoms with Crippen molar-refractivity contribution in [3.05, 3.63) is 64.7 Å². The highest BCUT2D eigenvalue weighted by Crippen LogP contribution is 2.33. The molecule has 0 radical (unpaired) electrons. The molecule has 0 unspecified atom stereocenters. The summed E-state index contributed by atoms with van der Waals surface area (Å²) in [6, 6.07) is 13.3. The van der Waals surface area contributed by atoms with Crippen LogP contribution in [0.15, 0.2) is 42.5 Å². The minimum atomic E-state index is -0.00707. The molecule has 1 aliphatic heterocycles. The Morgan fingerprint density at radius 2 is 1.58 bits per heavy atom. The molecule has 0 fully saturated rings. The van der Waals surface area contributed by atoms with Gasteiger partial charge in [0.15, 0.2) is 5.78 Å². The van der Waals surface area contributed by atoms with Crippen molar-refractivity contribution in [1.82, 2.24) is 0 Å². The molecule has 0 N–H and O–H groups in total. The largest absolute Gasteiger partial charge is 0.308 e. The van der Waals surface area contributed by atoms with E-state index in [1.165, 1.54) is 18.1 Å². The summed E-state index contributed by atoms with van der Waals surface area (Å²) in [5, 5.41) is 0. The second-order valence-electron chi connectivity index (χ2n) is 7.43. The van der Waals surface area contributed by atoms with Gasteiger partial charge in [0.1, 0.15) is 0 Å². The average molecular weight is 321 g/mol. The van der Waals surface area contributed by atoms with Crippen molar-refractivity contribution in [3.63, 3.8) is 0 Å². The minimum Gasteiger partial charge on any atom is -0.308 e. The maximum Gasteiger partial charge on any atom is 0.258 e. The van der Waals surface area contributed by atoms with E-state index in [1.54, 1.807) is 24.3 Å². The number of carbonyl (C=O) groups is 2. The third-order valence-corrected chi connectivity index (χ3v) is 4.62. The Balaban J connectivity index is 1.88. The molecule has 2 aromatic rings. The number of carbonyl (C=O) groups excluding carboxylic acids is 2. The van der Waals surface area contributed by atoms with Crippen LogP contribution >= 0.6 is 0 Å². The lowest BCUT2D eigenvalue weighted by atomic mass is 9.86. The van der Waals surface area contributed by atoms with Gasteiger partial charge in [0.25, 0.3) is 5.91 Å². The van der Waals surface area contributed by atoms with Gasteiger partial charge in [-0.3, -0.25) is 9.59 Å². The summed E-state index contributed by atoms with van der Waals surface area (Å²) in [5.41, 5.74) is 4.88. The molecule has 0 saturated carbocycles. The molecule has 1 heterocycles. The first kappa shape index (κ1) is 16.4. The van der Waals surface area contributed by atoms with Crippen LogP contribution in [0, 0.1) is 0 Å². The first-order valence-electron chi connectivity index (χ1n) is 8.33. The zero-order valence-electron chi connectivity index (χ0n) is 14.7. The molecule has 124 valence electrons. The number of fused-ring (bicyclic) bond motifs is 1. The highest BCUT2D eigenvalue weighted by Gasteiger charge is 2.27. The zero-order chi connectivity index (χ0) is 17.5. The average Bonchev–Trinajstić information content (AvgIpc) is 2.96. The van der Waals surface area contributed by atoms with Gasteiger partial charge < -0.3 is 4.90 Å². The second kappa shape index (κ2) is 5.90. The van der Waals surface area contributed by atoms with Crippen LogP contribution in [0.1, 0.15) is 59.5 Å². The van der Waals surface area contributed by atoms with Crippen LogP contribution in [0.25, 0.3) is 0 Å². The highest BCUT2D eigenvalue weighted by atomic mass is 16.2. The summed E-state index contributed by atoms with van der Waals surface area (Å²) in [7, 11) is 0. The monoisotopic (exact) mass is 321 g/mol. The number of anilines is 1. The van der Waals surface area contributed by atoms with E-state index in [0.29, 0.717) is 17.7 Å². The normalized spacial score (nSPS) is 13.8. The van der Waals surface area contributed by atoms with Gasteiger partial charge in [0, 0.05) is 23.4 Å². The van der Waals surface area contributed by atoms with E-state index in [1.807, 2.05) is 4.90 Å². The zero-order valence-corrected chi connectivity index (χ0v) is 14.7. The quantitative estimate of drug-likeness (QED) is 0.769. The van der Waals surface area contributed by atoms with Crippen LogP contribution < -0.4 is 4.90 Å². The van der Waals surface area contributed by atoms with E-state index in [-0.39, 0.29) is 17.1 Å². The number of amides is 1. The molecule has 0 saturated heterocycles. The lowest BCUT2D eigenvalue weighted by Crippen LogP contribution is -2.28. The molecular weight excluding hydrogens is 298 g/mol. The number of nitrogens with zero attached hydrogens (tertiary/aromatic N) is 1. The first-order chi connectivity index (χ1) is 11.3. The Kier molecular flexibility index (Phi) is 4.04. The molecule has 3 nitrogen and oxygen atoms in total. The topological polar surface area (TPSA) is 37.4 Å². The van der Waals surface area contributed by atoms with Crippen molar-refractivity contribution in [2.75, 3.05) is 11.4 Å². The Labute approximate surface area is 143 Å². The van der Waals surface area contributed by atoms with Crippen molar-refractivity contribution in [1.29, 1.82) is 0 Å². The number of ketones is 1. The lowest BCUT2D eigenvalue weighted by Gasteiger charge is -2.22. The summed E-state index contributed by atoms with van der Waals surface area (Å²) < 4.78 is 0. The van der Waals surface area contributed by atoms with Gasteiger partial charge in [-0.15, -0.1) is 0 Å². The van der Waals surface area contributed by atoms with Crippen LogP contribution in [0.5, 0.6) is 0 Å². The molecule has 1 amide bonds. The van der Waals surface area contributed by atoms with E-state index in [2.05, 4.69) is 39.0 Å². The van der Waals surface area contributed by atoms with Crippen molar-refractivity contribution in [2.45, 2.75) is 39.5 Å². The smallest absolute Gasteiger partial charge is 0.258 e. The Morgan fingerprint density at radius 3 is 2.17 bits per heavy atom. The SMILES string of the molecule is CC(=O)c1ccc(C(=O)N2CCc3cc(C(C)(C)C)ccc32)cc1. The molecule has 2 aromatic carbocycles. The van der Waals surface area contributed by atoms with Crippen molar-refractivity contribution >= 4 is 17.4 Å². The van der Waals surface area contributed by atoms with E-state index in [9.17, 15) is 9.59 Å². The molecule has 0 aliphatic carbocycles. The minimum absolute atomic E-state index is 0.00707. The predicted octanol–water partition coefficient (Wildman–Crippen LogP) is 4.39. The Hall–Kier alpha value is -2.42. The fourth-order valence-electron chi connectivity index (χ4n) is 3.08. The standard InChI is InChI=1S/C21H23NO2/c1-14(23)15-5-7-16(8-6-15)20(24)22-12-11-17-13-18(21(2,3)4)9-10-19(17)22/h5-10,13H,11-12H2,1-4H3. The van der Waals surface area contributed by atoms with Gasteiger partial charge in [-0.25, -0.2) is 0 Å². The molecule has 0 bridgehead atoms. The predicted molar refractivity (Wildman–Crippen MR) is 97.0 cm³/mol. The second-order valence-corrected chi connectivity index (χ2v) is 7.43. The number of Topliss-reactive ketones (excluding diaryl/α,β-unsaturated/α-hetero) is 1. The van der Waals surface area contributed by atoms with Crippen molar-refractivity contribution in [2.24, 2.45) is 0 Å². The number of rotatable bonds is 2. The van der Waals surface area contributed by atoms with E-state index in [4.69, 9.17) is 0 Å². The summed E-state index contributed by atoms with van der Waals surface area (Å²) in [6.45, 7) is 8.83. The molecule has 3 heteroatoms. The van der Waals surface area contributed by atoms with Crippen molar-refractivity contribution < 1.29 is 9.59 Å². The van der Waals surface area contributed by atoms with E-state index in [0.717, 1.165) is 12.1 Å².